The van der Waals surface area contributed by atoms with Crippen LogP contribution < -0.4 is 4.90 Å². The predicted molar refractivity (Wildman–Crippen MR) is 152 cm³/mol. The number of amides is 1. The SMILES string of the molecule is CCOC(=O)C1CCN(C(=O)c2cccc(CSc3nc(-c4ccccc4)cc(N(CC)CC)n3)c2)CC1. The number of rotatable bonds is 10. The van der Waals surface area contributed by atoms with Crippen molar-refractivity contribution in [2.24, 2.45) is 5.92 Å². The second-order valence-electron chi connectivity index (χ2n) is 9.24. The standard InChI is InChI=1S/C30H36N4O3S/c1-4-33(5-2)27-20-26(23-12-8-7-9-13-23)31-30(32-27)38-21-22-11-10-14-25(19-22)28(35)34-17-15-24(16-18-34)29(36)37-6-3/h7-14,19-20,24H,4-6,15-18,21H2,1-3H3. The molecule has 0 radical (unpaired) electrons. The summed E-state index contributed by atoms with van der Waals surface area (Å²) in [6.07, 6.45) is 1.29. The summed E-state index contributed by atoms with van der Waals surface area (Å²) >= 11 is 1.57. The first kappa shape index (κ1) is 27.6. The van der Waals surface area contributed by atoms with Gasteiger partial charge in [0.05, 0.1) is 18.2 Å². The van der Waals surface area contributed by atoms with E-state index in [2.05, 4.69) is 36.9 Å². The lowest BCUT2D eigenvalue weighted by atomic mass is 9.96. The number of thioether (sulfide) groups is 1. The lowest BCUT2D eigenvalue weighted by molar-refractivity contribution is -0.149. The third-order valence-corrected chi connectivity index (χ3v) is 7.71. The number of nitrogens with zero attached hydrogens (tertiary/aromatic N) is 4. The third kappa shape index (κ3) is 6.92. The minimum absolute atomic E-state index is 0.00491. The van der Waals surface area contributed by atoms with Crippen molar-refractivity contribution in [1.82, 2.24) is 14.9 Å². The van der Waals surface area contributed by atoms with Crippen LogP contribution in [0.2, 0.25) is 0 Å². The van der Waals surface area contributed by atoms with E-state index in [1.807, 2.05) is 54.3 Å². The monoisotopic (exact) mass is 532 g/mol. The topological polar surface area (TPSA) is 75.6 Å². The average molecular weight is 533 g/mol. The quantitative estimate of drug-likeness (QED) is 0.188. The molecule has 1 aromatic heterocycles. The largest absolute Gasteiger partial charge is 0.466 e. The van der Waals surface area contributed by atoms with E-state index in [4.69, 9.17) is 14.7 Å². The zero-order valence-corrected chi connectivity index (χ0v) is 23.2. The van der Waals surface area contributed by atoms with Crippen molar-refractivity contribution in [2.75, 3.05) is 37.7 Å². The van der Waals surface area contributed by atoms with E-state index in [0.29, 0.717) is 49.0 Å². The molecule has 1 saturated heterocycles. The van der Waals surface area contributed by atoms with Crippen LogP contribution in [0.15, 0.2) is 65.8 Å². The van der Waals surface area contributed by atoms with Crippen LogP contribution in [-0.2, 0) is 15.3 Å². The number of carbonyl (C=O) groups excluding carboxylic acids is 2. The first-order chi connectivity index (χ1) is 18.5. The van der Waals surface area contributed by atoms with Gasteiger partial charge in [0.25, 0.3) is 5.91 Å². The van der Waals surface area contributed by atoms with E-state index in [1.165, 1.54) is 0 Å². The van der Waals surface area contributed by atoms with Gasteiger partial charge in [0.2, 0.25) is 0 Å². The average Bonchev–Trinajstić information content (AvgIpc) is 2.97. The highest BCUT2D eigenvalue weighted by molar-refractivity contribution is 7.98. The molecule has 1 fully saturated rings. The fraction of sp³-hybridized carbons (Fsp3) is 0.400. The van der Waals surface area contributed by atoms with Gasteiger partial charge in [-0.25, -0.2) is 9.97 Å². The number of anilines is 1. The zero-order valence-electron chi connectivity index (χ0n) is 22.4. The number of hydrogen-bond donors (Lipinski definition) is 0. The molecule has 8 heteroatoms. The van der Waals surface area contributed by atoms with Crippen molar-refractivity contribution in [1.29, 1.82) is 0 Å². The van der Waals surface area contributed by atoms with Crippen LogP contribution in [0.3, 0.4) is 0 Å². The molecular weight excluding hydrogens is 496 g/mol. The molecule has 2 aromatic carbocycles. The van der Waals surface area contributed by atoms with Crippen molar-refractivity contribution in [3.05, 3.63) is 71.8 Å². The van der Waals surface area contributed by atoms with E-state index in [9.17, 15) is 9.59 Å². The van der Waals surface area contributed by atoms with E-state index in [1.54, 1.807) is 11.8 Å². The maximum Gasteiger partial charge on any atom is 0.309 e. The molecule has 3 aromatic rings. The number of ether oxygens (including phenoxy) is 1. The van der Waals surface area contributed by atoms with Gasteiger partial charge in [-0.05, 0) is 51.3 Å². The number of piperidine rings is 1. The minimum Gasteiger partial charge on any atom is -0.466 e. The highest BCUT2D eigenvalue weighted by Crippen LogP contribution is 2.28. The molecule has 200 valence electrons. The lowest BCUT2D eigenvalue weighted by Gasteiger charge is -2.31. The molecule has 0 spiro atoms. The van der Waals surface area contributed by atoms with E-state index in [-0.39, 0.29) is 17.8 Å². The Hall–Kier alpha value is -3.39. The molecule has 1 aliphatic heterocycles. The summed E-state index contributed by atoms with van der Waals surface area (Å²) in [4.78, 5) is 39.0. The molecule has 1 aliphatic rings. The number of aromatic nitrogens is 2. The van der Waals surface area contributed by atoms with Crippen LogP contribution >= 0.6 is 11.8 Å². The fourth-order valence-corrected chi connectivity index (χ4v) is 5.44. The second kappa shape index (κ2) is 13.4. The van der Waals surface area contributed by atoms with Crippen molar-refractivity contribution >= 4 is 29.5 Å². The third-order valence-electron chi connectivity index (χ3n) is 6.79. The van der Waals surface area contributed by atoms with Crippen LogP contribution in [0.25, 0.3) is 11.3 Å². The predicted octanol–water partition coefficient (Wildman–Crippen LogP) is 5.70. The van der Waals surface area contributed by atoms with Gasteiger partial charge in [0.1, 0.15) is 5.82 Å². The Morgan fingerprint density at radius 1 is 0.974 bits per heavy atom. The van der Waals surface area contributed by atoms with Crippen LogP contribution in [-0.4, -0.2) is 59.5 Å². The van der Waals surface area contributed by atoms with Gasteiger partial charge < -0.3 is 14.5 Å². The smallest absolute Gasteiger partial charge is 0.309 e. The molecule has 0 bridgehead atoms. The van der Waals surface area contributed by atoms with Crippen LogP contribution in [0, 0.1) is 5.92 Å². The maximum absolute atomic E-state index is 13.2. The van der Waals surface area contributed by atoms with Crippen molar-refractivity contribution in [3.8, 4) is 11.3 Å². The molecule has 0 aliphatic carbocycles. The van der Waals surface area contributed by atoms with Gasteiger partial charge in [0.15, 0.2) is 5.16 Å². The van der Waals surface area contributed by atoms with Crippen LogP contribution in [0.4, 0.5) is 5.82 Å². The van der Waals surface area contributed by atoms with E-state index in [0.717, 1.165) is 35.7 Å². The molecule has 38 heavy (non-hydrogen) atoms. The summed E-state index contributed by atoms with van der Waals surface area (Å²) < 4.78 is 5.15. The van der Waals surface area contributed by atoms with Gasteiger partial charge in [-0.1, -0.05) is 54.2 Å². The fourth-order valence-electron chi connectivity index (χ4n) is 4.65. The molecule has 2 heterocycles. The number of likely N-dealkylation sites (tertiary alicyclic amines) is 1. The van der Waals surface area contributed by atoms with Crippen LogP contribution in [0.5, 0.6) is 0 Å². The van der Waals surface area contributed by atoms with Crippen molar-refractivity contribution in [3.63, 3.8) is 0 Å². The number of carbonyl (C=O) groups is 2. The first-order valence-electron chi connectivity index (χ1n) is 13.4. The Morgan fingerprint density at radius 2 is 1.71 bits per heavy atom. The summed E-state index contributed by atoms with van der Waals surface area (Å²) in [5.41, 5.74) is 3.67. The Kier molecular flexibility index (Phi) is 9.76. The van der Waals surface area contributed by atoms with E-state index < -0.39 is 0 Å². The van der Waals surface area contributed by atoms with Gasteiger partial charge >= 0.3 is 5.97 Å². The van der Waals surface area contributed by atoms with Crippen molar-refractivity contribution in [2.45, 2.75) is 44.5 Å². The molecule has 0 atom stereocenters. The highest BCUT2D eigenvalue weighted by Gasteiger charge is 2.28. The zero-order chi connectivity index (χ0) is 26.9. The Balaban J connectivity index is 1.45. The maximum atomic E-state index is 13.2. The highest BCUT2D eigenvalue weighted by atomic mass is 32.2. The van der Waals surface area contributed by atoms with Gasteiger partial charge in [-0.3, -0.25) is 9.59 Å². The summed E-state index contributed by atoms with van der Waals surface area (Å²) in [5, 5.41) is 0.714. The lowest BCUT2D eigenvalue weighted by Crippen LogP contribution is -2.40. The van der Waals surface area contributed by atoms with Crippen molar-refractivity contribution < 1.29 is 14.3 Å². The number of hydrogen-bond acceptors (Lipinski definition) is 7. The summed E-state index contributed by atoms with van der Waals surface area (Å²) in [6.45, 7) is 9.33. The van der Waals surface area contributed by atoms with Gasteiger partial charge in [0, 0.05) is 49.1 Å². The Morgan fingerprint density at radius 3 is 2.39 bits per heavy atom. The Labute approximate surface area is 229 Å². The molecule has 1 amide bonds. The number of esters is 1. The minimum atomic E-state index is -0.152. The summed E-state index contributed by atoms with van der Waals surface area (Å²) in [5.74, 6) is 1.31. The normalized spacial score (nSPS) is 13.8. The van der Waals surface area contributed by atoms with Crippen LogP contribution in [0.1, 0.15) is 49.5 Å². The van der Waals surface area contributed by atoms with Gasteiger partial charge in [-0.2, -0.15) is 0 Å². The molecule has 0 unspecified atom stereocenters. The number of benzene rings is 2. The summed E-state index contributed by atoms with van der Waals surface area (Å²) in [7, 11) is 0. The van der Waals surface area contributed by atoms with E-state index >= 15 is 0 Å². The molecule has 0 N–H and O–H groups in total. The second-order valence-corrected chi connectivity index (χ2v) is 10.2. The molecule has 7 nitrogen and oxygen atoms in total. The van der Waals surface area contributed by atoms with Gasteiger partial charge in [-0.15, -0.1) is 0 Å². The first-order valence-corrected chi connectivity index (χ1v) is 14.4. The molecule has 4 rings (SSSR count). The molecule has 0 saturated carbocycles. The summed E-state index contributed by atoms with van der Waals surface area (Å²) in [6, 6.07) is 20.0. The Bertz CT molecular complexity index is 1230. The molecular formula is C30H36N4O3S.